The second kappa shape index (κ2) is 5.43. The molecule has 4 nitrogen and oxygen atoms in total. The molecule has 0 saturated heterocycles. The lowest BCUT2D eigenvalue weighted by molar-refractivity contribution is 0.101. The van der Waals surface area contributed by atoms with Gasteiger partial charge in [0.15, 0.2) is 11.5 Å². The van der Waals surface area contributed by atoms with Crippen molar-refractivity contribution in [2.45, 2.75) is 0 Å². The lowest BCUT2D eigenvalue weighted by atomic mass is 10.1. The van der Waals surface area contributed by atoms with Gasteiger partial charge in [-0.2, -0.15) is 0 Å². The molecule has 0 spiro atoms. The van der Waals surface area contributed by atoms with E-state index in [1.54, 1.807) is 36.4 Å². The topological polar surface area (TPSA) is 47.6 Å². The van der Waals surface area contributed by atoms with Crippen molar-refractivity contribution >= 4 is 23.2 Å². The second-order valence-corrected chi connectivity index (χ2v) is 4.67. The van der Waals surface area contributed by atoms with E-state index in [-0.39, 0.29) is 5.91 Å². The first-order valence-electron chi connectivity index (χ1n) is 6.20. The van der Waals surface area contributed by atoms with Crippen molar-refractivity contribution in [1.82, 2.24) is 0 Å². The molecule has 1 aliphatic heterocycles. The van der Waals surface area contributed by atoms with Crippen molar-refractivity contribution < 1.29 is 14.3 Å². The predicted octanol–water partition coefficient (Wildman–Crippen LogP) is 3.36. The predicted molar refractivity (Wildman–Crippen MR) is 76.8 cm³/mol. The highest BCUT2D eigenvalue weighted by atomic mass is 35.5. The van der Waals surface area contributed by atoms with Crippen LogP contribution in [0.25, 0.3) is 0 Å². The molecule has 5 heteroatoms. The van der Waals surface area contributed by atoms with Gasteiger partial charge in [-0.25, -0.2) is 0 Å². The average Bonchev–Trinajstić information content (AvgIpc) is 2.49. The van der Waals surface area contributed by atoms with E-state index in [0.29, 0.717) is 41.0 Å². The van der Waals surface area contributed by atoms with Gasteiger partial charge in [-0.1, -0.05) is 29.8 Å². The van der Waals surface area contributed by atoms with Crippen LogP contribution >= 0.6 is 11.6 Å². The number of para-hydroxylation sites is 2. The van der Waals surface area contributed by atoms with Crippen molar-refractivity contribution in [3.8, 4) is 11.5 Å². The molecule has 1 aliphatic rings. The number of hydrogen-bond donors (Lipinski definition) is 1. The minimum absolute atomic E-state index is 0.277. The summed E-state index contributed by atoms with van der Waals surface area (Å²) in [5.41, 5.74) is 0.996. The maximum atomic E-state index is 12.3. The van der Waals surface area contributed by atoms with Crippen LogP contribution in [0.1, 0.15) is 10.4 Å². The summed E-state index contributed by atoms with van der Waals surface area (Å²) in [7, 11) is 0. The Morgan fingerprint density at radius 2 is 1.85 bits per heavy atom. The van der Waals surface area contributed by atoms with E-state index < -0.39 is 0 Å². The fourth-order valence-corrected chi connectivity index (χ4v) is 2.19. The molecule has 0 aliphatic carbocycles. The summed E-state index contributed by atoms with van der Waals surface area (Å²) in [6.45, 7) is 0.923. The average molecular weight is 290 g/mol. The highest BCUT2D eigenvalue weighted by molar-refractivity contribution is 6.33. The van der Waals surface area contributed by atoms with Gasteiger partial charge in [-0.3, -0.25) is 4.79 Å². The number of halogens is 1. The van der Waals surface area contributed by atoms with Gasteiger partial charge in [0.05, 0.1) is 16.3 Å². The molecular formula is C15H12ClNO3. The van der Waals surface area contributed by atoms with E-state index in [1.807, 2.05) is 6.07 Å². The van der Waals surface area contributed by atoms with Crippen LogP contribution in [0.3, 0.4) is 0 Å². The van der Waals surface area contributed by atoms with Gasteiger partial charge in [0, 0.05) is 0 Å². The summed E-state index contributed by atoms with van der Waals surface area (Å²) in [4.78, 5) is 12.3. The first-order chi connectivity index (χ1) is 9.75. The van der Waals surface area contributed by atoms with Crippen molar-refractivity contribution in [3.63, 3.8) is 0 Å². The fourth-order valence-electron chi connectivity index (χ4n) is 2.00. The number of ether oxygens (including phenoxy) is 2. The molecule has 0 unspecified atom stereocenters. The van der Waals surface area contributed by atoms with Crippen LogP contribution in [0.15, 0.2) is 42.5 Å². The Morgan fingerprint density at radius 1 is 1.05 bits per heavy atom. The van der Waals surface area contributed by atoms with Crippen molar-refractivity contribution in [2.24, 2.45) is 0 Å². The van der Waals surface area contributed by atoms with Crippen LogP contribution in [0.2, 0.25) is 5.02 Å². The quantitative estimate of drug-likeness (QED) is 0.922. The molecule has 102 valence electrons. The minimum atomic E-state index is -0.277. The lowest BCUT2D eigenvalue weighted by Crippen LogP contribution is -2.20. The molecule has 1 N–H and O–H groups in total. The van der Waals surface area contributed by atoms with Crippen molar-refractivity contribution in [2.75, 3.05) is 18.5 Å². The van der Waals surface area contributed by atoms with E-state index in [4.69, 9.17) is 21.1 Å². The van der Waals surface area contributed by atoms with Gasteiger partial charge < -0.3 is 14.8 Å². The van der Waals surface area contributed by atoms with E-state index in [0.717, 1.165) is 0 Å². The molecule has 20 heavy (non-hydrogen) atoms. The standard InChI is InChI=1S/C15H12ClNO3/c16-11-5-1-2-6-12(11)17-15(18)10-4-3-7-13-14(10)20-9-8-19-13/h1-7H,8-9H2,(H,17,18). The van der Waals surface area contributed by atoms with Gasteiger partial charge in [0.2, 0.25) is 0 Å². The Balaban J connectivity index is 1.90. The third-order valence-electron chi connectivity index (χ3n) is 2.93. The van der Waals surface area contributed by atoms with E-state index in [2.05, 4.69) is 5.32 Å². The number of carbonyl (C=O) groups is 1. The number of hydrogen-bond acceptors (Lipinski definition) is 3. The fraction of sp³-hybridized carbons (Fsp3) is 0.133. The maximum absolute atomic E-state index is 12.3. The molecule has 1 amide bonds. The number of nitrogens with one attached hydrogen (secondary N) is 1. The summed E-state index contributed by atoms with van der Waals surface area (Å²) in [6, 6.07) is 12.3. The first-order valence-corrected chi connectivity index (χ1v) is 6.58. The SMILES string of the molecule is O=C(Nc1ccccc1Cl)c1cccc2c1OCCO2. The smallest absolute Gasteiger partial charge is 0.259 e. The number of benzene rings is 2. The van der Waals surface area contributed by atoms with Crippen LogP contribution in [-0.4, -0.2) is 19.1 Å². The Labute approximate surface area is 121 Å². The first kappa shape index (κ1) is 12.8. The minimum Gasteiger partial charge on any atom is -0.486 e. The Kier molecular flexibility index (Phi) is 3.48. The molecule has 0 saturated carbocycles. The normalized spacial score (nSPS) is 12.8. The highest BCUT2D eigenvalue weighted by Crippen LogP contribution is 2.34. The van der Waals surface area contributed by atoms with Crippen LogP contribution in [0.4, 0.5) is 5.69 Å². The summed E-state index contributed by atoms with van der Waals surface area (Å²) >= 11 is 6.03. The van der Waals surface area contributed by atoms with Gasteiger partial charge >= 0.3 is 0 Å². The molecule has 1 heterocycles. The van der Waals surface area contributed by atoms with Crippen LogP contribution in [0, 0.1) is 0 Å². The van der Waals surface area contributed by atoms with Crippen LogP contribution in [0.5, 0.6) is 11.5 Å². The molecule has 0 fully saturated rings. The van der Waals surface area contributed by atoms with E-state index in [1.165, 1.54) is 0 Å². The van der Waals surface area contributed by atoms with E-state index >= 15 is 0 Å². The molecule has 3 rings (SSSR count). The van der Waals surface area contributed by atoms with Crippen molar-refractivity contribution in [3.05, 3.63) is 53.1 Å². The maximum Gasteiger partial charge on any atom is 0.259 e. The molecule has 2 aromatic rings. The second-order valence-electron chi connectivity index (χ2n) is 4.26. The van der Waals surface area contributed by atoms with Gasteiger partial charge in [-0.15, -0.1) is 0 Å². The molecule has 2 aromatic carbocycles. The zero-order chi connectivity index (χ0) is 13.9. The van der Waals surface area contributed by atoms with Crippen molar-refractivity contribution in [1.29, 1.82) is 0 Å². The monoisotopic (exact) mass is 289 g/mol. The highest BCUT2D eigenvalue weighted by Gasteiger charge is 2.20. The third kappa shape index (κ3) is 2.42. The number of fused-ring (bicyclic) bond motifs is 1. The number of amides is 1. The zero-order valence-corrected chi connectivity index (χ0v) is 11.3. The lowest BCUT2D eigenvalue weighted by Gasteiger charge is -2.20. The molecule has 0 atom stereocenters. The van der Waals surface area contributed by atoms with Gasteiger partial charge in [0.25, 0.3) is 5.91 Å². The number of anilines is 1. The Morgan fingerprint density at radius 3 is 2.70 bits per heavy atom. The summed E-state index contributed by atoms with van der Waals surface area (Å²) < 4.78 is 11.0. The zero-order valence-electron chi connectivity index (χ0n) is 10.6. The Bertz CT molecular complexity index is 657. The van der Waals surface area contributed by atoms with Crippen LogP contribution in [-0.2, 0) is 0 Å². The third-order valence-corrected chi connectivity index (χ3v) is 3.26. The molecule has 0 aromatic heterocycles. The number of rotatable bonds is 2. The summed E-state index contributed by atoms with van der Waals surface area (Å²) in [6.07, 6.45) is 0. The number of carbonyl (C=O) groups excluding carboxylic acids is 1. The van der Waals surface area contributed by atoms with Crippen LogP contribution < -0.4 is 14.8 Å². The largest absolute Gasteiger partial charge is 0.486 e. The van der Waals surface area contributed by atoms with Gasteiger partial charge in [-0.05, 0) is 24.3 Å². The molecular weight excluding hydrogens is 278 g/mol. The van der Waals surface area contributed by atoms with E-state index in [9.17, 15) is 4.79 Å². The van der Waals surface area contributed by atoms with Gasteiger partial charge in [0.1, 0.15) is 13.2 Å². The summed E-state index contributed by atoms with van der Waals surface area (Å²) in [5, 5.41) is 3.26. The molecule has 0 radical (unpaired) electrons. The summed E-state index contributed by atoms with van der Waals surface area (Å²) in [5.74, 6) is 0.784. The Hall–Kier alpha value is -2.20. The molecule has 0 bridgehead atoms.